The van der Waals surface area contributed by atoms with Crippen molar-refractivity contribution in [3.8, 4) is 6.07 Å². The number of aryl methyl sites for hydroxylation is 1. The maximum atomic E-state index is 14.4. The Morgan fingerprint density at radius 1 is 1.26 bits per heavy atom. The third-order valence-corrected chi connectivity index (χ3v) is 8.81. The number of fused-ring (bicyclic) bond motifs is 1. The first-order chi connectivity index (χ1) is 22.0. The first kappa shape index (κ1) is 31.4. The van der Waals surface area contributed by atoms with Crippen LogP contribution in [0.3, 0.4) is 0 Å². The number of likely N-dealkylation sites (tertiary alicyclic amines) is 1. The molecular weight excluding hydrogens is 605 g/mol. The Morgan fingerprint density at radius 2 is 2.07 bits per heavy atom. The fraction of sp³-hybridized carbons (Fsp3) is 0.484. The van der Waals surface area contributed by atoms with Crippen LogP contribution >= 0.6 is 0 Å². The van der Waals surface area contributed by atoms with Crippen molar-refractivity contribution in [2.45, 2.75) is 50.9 Å². The molecule has 46 heavy (non-hydrogen) atoms. The van der Waals surface area contributed by atoms with Gasteiger partial charge < -0.3 is 14.0 Å². The van der Waals surface area contributed by atoms with Gasteiger partial charge >= 0.3 is 12.3 Å². The molecule has 2 amide bonds. The van der Waals surface area contributed by atoms with Gasteiger partial charge in [-0.15, -0.1) is 10.2 Å². The van der Waals surface area contributed by atoms with Crippen molar-refractivity contribution in [1.82, 2.24) is 24.6 Å². The summed E-state index contributed by atoms with van der Waals surface area (Å²) in [6.45, 7) is 3.71. The molecule has 3 aliphatic heterocycles. The zero-order valence-corrected chi connectivity index (χ0v) is 25.4. The summed E-state index contributed by atoms with van der Waals surface area (Å²) < 4.78 is 55.5. The number of halogens is 3. The number of nitrogens with zero attached hydrogens (tertiary/aromatic N) is 7. The first-order valence-electron chi connectivity index (χ1n) is 15.0. The summed E-state index contributed by atoms with van der Waals surface area (Å²) >= 11 is 0. The van der Waals surface area contributed by atoms with E-state index < -0.39 is 35.8 Å². The van der Waals surface area contributed by atoms with Gasteiger partial charge in [0.05, 0.1) is 25.3 Å². The van der Waals surface area contributed by atoms with E-state index in [9.17, 15) is 22.8 Å². The van der Waals surface area contributed by atoms with Gasteiger partial charge in [-0.1, -0.05) is 6.92 Å². The Labute approximate surface area is 263 Å². The molecule has 1 atom stereocenters. The molecule has 0 saturated carbocycles. The molecule has 2 aromatic heterocycles. The summed E-state index contributed by atoms with van der Waals surface area (Å²) in [5.41, 5.74) is -0.579. The first-order valence-corrected chi connectivity index (χ1v) is 15.0. The van der Waals surface area contributed by atoms with Crippen LogP contribution in [0.1, 0.15) is 58.2 Å². The molecule has 0 unspecified atom stereocenters. The van der Waals surface area contributed by atoms with Crippen LogP contribution in [-0.4, -0.2) is 69.6 Å². The number of ether oxygens (including phenoxy) is 2. The number of hydrogen-bond acceptors (Lipinski definition) is 9. The highest BCUT2D eigenvalue weighted by Crippen LogP contribution is 2.42. The minimum atomic E-state index is -4.68. The number of aromatic nitrogens is 4. The number of nitrogens with one attached hydrogen (secondary N) is 1. The Kier molecular flexibility index (Phi) is 8.43. The number of carbonyl (C=O) groups is 2. The average molecular weight is 639 g/mol. The van der Waals surface area contributed by atoms with Crippen molar-refractivity contribution in [2.75, 3.05) is 43.1 Å². The molecule has 15 heteroatoms. The summed E-state index contributed by atoms with van der Waals surface area (Å²) in [5.74, 6) is 0.542. The highest BCUT2D eigenvalue weighted by atomic mass is 19.4. The SMILES string of the molecule is C[C@H]1CCCN(Cc2cc3c(c(C(F)(F)F)c2)CN(c2cc(C4(Cc5nncn5C)COC4)cc(NC(=O)OCC#N)n2)C3=O)C1. The van der Waals surface area contributed by atoms with E-state index in [1.807, 2.05) is 0 Å². The normalized spacial score (nSPS) is 19.3. The lowest BCUT2D eigenvalue weighted by Crippen LogP contribution is -2.49. The van der Waals surface area contributed by atoms with E-state index in [1.54, 1.807) is 42.2 Å². The molecule has 2 saturated heterocycles. The Balaban J connectivity index is 1.37. The molecule has 0 bridgehead atoms. The molecule has 3 aliphatic rings. The number of pyridine rings is 1. The van der Waals surface area contributed by atoms with Crippen LogP contribution in [0.4, 0.5) is 29.6 Å². The minimum absolute atomic E-state index is 0.000566. The number of piperidine rings is 1. The third-order valence-electron chi connectivity index (χ3n) is 8.81. The summed E-state index contributed by atoms with van der Waals surface area (Å²) in [4.78, 5) is 34.1. The Morgan fingerprint density at radius 3 is 2.72 bits per heavy atom. The minimum Gasteiger partial charge on any atom is -0.434 e. The molecule has 2 fully saturated rings. The molecule has 0 spiro atoms. The number of benzene rings is 1. The van der Waals surface area contributed by atoms with E-state index in [2.05, 4.69) is 32.3 Å². The number of carbonyl (C=O) groups excluding carboxylic acids is 2. The van der Waals surface area contributed by atoms with Crippen LogP contribution in [0.2, 0.25) is 0 Å². The monoisotopic (exact) mass is 638 g/mol. The van der Waals surface area contributed by atoms with E-state index in [0.717, 1.165) is 32.0 Å². The van der Waals surface area contributed by atoms with Crippen LogP contribution < -0.4 is 10.2 Å². The quantitative estimate of drug-likeness (QED) is 0.385. The molecular formula is C31H33F3N8O4. The molecule has 0 aliphatic carbocycles. The van der Waals surface area contributed by atoms with Crippen molar-refractivity contribution in [3.05, 3.63) is 64.2 Å². The number of amides is 2. The Bertz CT molecular complexity index is 1700. The number of anilines is 2. The lowest BCUT2D eigenvalue weighted by Gasteiger charge is -2.42. The molecule has 12 nitrogen and oxygen atoms in total. The number of alkyl halides is 3. The summed E-state index contributed by atoms with van der Waals surface area (Å²) in [6.07, 6.45) is -1.62. The van der Waals surface area contributed by atoms with E-state index in [4.69, 9.17) is 14.7 Å². The van der Waals surface area contributed by atoms with Crippen molar-refractivity contribution < 1.29 is 32.2 Å². The van der Waals surface area contributed by atoms with Crippen LogP contribution in [0.5, 0.6) is 0 Å². The smallest absolute Gasteiger partial charge is 0.416 e. The fourth-order valence-electron chi connectivity index (χ4n) is 6.44. The molecule has 1 N–H and O–H groups in total. The topological polar surface area (TPSA) is 139 Å². The predicted octanol–water partition coefficient (Wildman–Crippen LogP) is 4.20. The molecule has 0 radical (unpaired) electrons. The summed E-state index contributed by atoms with van der Waals surface area (Å²) in [6, 6.07) is 7.65. The Hall–Kier alpha value is -4.55. The zero-order chi connectivity index (χ0) is 32.6. The van der Waals surface area contributed by atoms with E-state index in [1.165, 1.54) is 4.90 Å². The van der Waals surface area contributed by atoms with Crippen LogP contribution in [0.25, 0.3) is 0 Å². The van der Waals surface area contributed by atoms with Gasteiger partial charge in [0, 0.05) is 37.5 Å². The van der Waals surface area contributed by atoms with Crippen LogP contribution in [0.15, 0.2) is 30.6 Å². The lowest BCUT2D eigenvalue weighted by molar-refractivity contribution is -0.138. The van der Waals surface area contributed by atoms with E-state index in [-0.39, 0.29) is 42.5 Å². The van der Waals surface area contributed by atoms with Gasteiger partial charge in [0.25, 0.3) is 5.91 Å². The van der Waals surface area contributed by atoms with Gasteiger partial charge in [-0.05, 0) is 66.3 Å². The van der Waals surface area contributed by atoms with Crippen molar-refractivity contribution in [1.29, 1.82) is 5.26 Å². The molecule has 1 aromatic carbocycles. The number of nitriles is 1. The van der Waals surface area contributed by atoms with Crippen LogP contribution in [0, 0.1) is 17.2 Å². The third kappa shape index (κ3) is 6.27. The number of hydrogen-bond donors (Lipinski definition) is 1. The highest BCUT2D eigenvalue weighted by molar-refractivity contribution is 6.10. The molecule has 3 aromatic rings. The standard InChI is InChI=1S/C31H33F3N8O4/c1-19-4-3-6-41(13-19)14-20-8-22-23(24(9-20)31(32,33)34)15-42(28(22)43)26-11-21(10-25(37-26)38-29(44)46-7-5-35)30(16-45-17-30)12-27-39-36-18-40(27)2/h8-11,18-19H,3-4,6-7,12-17H2,1-2H3,(H,37,38,44)/t19-/m0/s1. The fourth-order valence-corrected chi connectivity index (χ4v) is 6.44. The maximum absolute atomic E-state index is 14.4. The van der Waals surface area contributed by atoms with Gasteiger partial charge in [-0.3, -0.25) is 19.9 Å². The molecule has 5 heterocycles. The van der Waals surface area contributed by atoms with Gasteiger partial charge in [-0.25, -0.2) is 9.78 Å². The maximum Gasteiger partial charge on any atom is 0.416 e. The highest BCUT2D eigenvalue weighted by Gasteiger charge is 2.44. The lowest BCUT2D eigenvalue weighted by atomic mass is 9.75. The molecule has 242 valence electrons. The van der Waals surface area contributed by atoms with Gasteiger partial charge in [-0.2, -0.15) is 18.4 Å². The predicted molar refractivity (Wildman–Crippen MR) is 158 cm³/mol. The summed E-state index contributed by atoms with van der Waals surface area (Å²) in [5, 5.41) is 19.4. The van der Waals surface area contributed by atoms with E-state index in [0.29, 0.717) is 35.8 Å². The average Bonchev–Trinajstić information content (AvgIpc) is 3.54. The zero-order valence-electron chi connectivity index (χ0n) is 25.4. The molecule has 6 rings (SSSR count). The summed E-state index contributed by atoms with van der Waals surface area (Å²) in [7, 11) is 1.80. The second-order valence-electron chi connectivity index (χ2n) is 12.3. The van der Waals surface area contributed by atoms with Gasteiger partial charge in [0.1, 0.15) is 29.9 Å². The second kappa shape index (κ2) is 12.3. The van der Waals surface area contributed by atoms with Crippen molar-refractivity contribution >= 4 is 23.6 Å². The second-order valence-corrected chi connectivity index (χ2v) is 12.3. The van der Waals surface area contributed by atoms with Gasteiger partial charge in [0.15, 0.2) is 6.61 Å². The number of rotatable bonds is 8. The van der Waals surface area contributed by atoms with Gasteiger partial charge in [0.2, 0.25) is 0 Å². The van der Waals surface area contributed by atoms with Crippen molar-refractivity contribution in [2.24, 2.45) is 13.0 Å². The van der Waals surface area contributed by atoms with E-state index >= 15 is 0 Å². The van der Waals surface area contributed by atoms with Crippen LogP contribution in [-0.2, 0) is 47.6 Å². The largest absolute Gasteiger partial charge is 0.434 e. The van der Waals surface area contributed by atoms with Crippen molar-refractivity contribution in [3.63, 3.8) is 0 Å².